The second-order valence-electron chi connectivity index (χ2n) is 4.61. The Morgan fingerprint density at radius 3 is 1.35 bits per heavy atom. The minimum absolute atomic E-state index is 0.648. The highest BCUT2D eigenvalue weighted by molar-refractivity contribution is 7.12. The van der Waals surface area contributed by atoms with E-state index in [0.717, 1.165) is 20.9 Å². The van der Waals surface area contributed by atoms with Gasteiger partial charge in [-0.15, -0.1) is 22.7 Å². The van der Waals surface area contributed by atoms with Crippen LogP contribution in [0.3, 0.4) is 0 Å². The molecule has 2 rings (SSSR count). The Bertz CT molecular complexity index is 632. The van der Waals surface area contributed by atoms with Crippen LogP contribution in [0.2, 0.25) is 0 Å². The molecule has 2 aromatic rings. The van der Waals surface area contributed by atoms with Crippen molar-refractivity contribution in [3.63, 3.8) is 0 Å². The SMILES string of the molecule is Cc1cc(C(=N\N)/C(=N/N)c2cc(C)sc2C)c(C)s1. The van der Waals surface area contributed by atoms with E-state index in [4.69, 9.17) is 11.7 Å². The van der Waals surface area contributed by atoms with Crippen molar-refractivity contribution < 1.29 is 0 Å². The third-order valence-electron chi connectivity index (χ3n) is 3.07. The molecule has 4 N–H and O–H groups in total. The van der Waals surface area contributed by atoms with Crippen LogP contribution in [0.25, 0.3) is 0 Å². The lowest BCUT2D eigenvalue weighted by molar-refractivity contribution is 1.22. The Hall–Kier alpha value is -1.66. The standard InChI is InChI=1S/C14H18N4S2/c1-7-5-11(9(3)19-7)13(17-15)14(18-16)12-6-8(2)20-10(12)4/h5-6H,15-16H2,1-4H3/b17-13+,18-14+. The Morgan fingerprint density at radius 1 is 0.800 bits per heavy atom. The molecule has 4 nitrogen and oxygen atoms in total. The first kappa shape index (κ1) is 14.7. The molecule has 0 aromatic carbocycles. The van der Waals surface area contributed by atoms with Gasteiger partial charge in [0.2, 0.25) is 0 Å². The van der Waals surface area contributed by atoms with Crippen LogP contribution >= 0.6 is 22.7 Å². The van der Waals surface area contributed by atoms with E-state index in [1.54, 1.807) is 22.7 Å². The Balaban J connectivity index is 2.56. The molecule has 0 aliphatic heterocycles. The van der Waals surface area contributed by atoms with Crippen LogP contribution in [0, 0.1) is 27.7 Å². The maximum atomic E-state index is 5.61. The number of hydrogen-bond donors (Lipinski definition) is 2. The molecular weight excluding hydrogens is 288 g/mol. The average Bonchev–Trinajstić information content (AvgIpc) is 2.88. The zero-order valence-electron chi connectivity index (χ0n) is 12.0. The highest BCUT2D eigenvalue weighted by Gasteiger charge is 2.20. The molecule has 0 unspecified atom stereocenters. The monoisotopic (exact) mass is 306 g/mol. The average molecular weight is 306 g/mol. The molecule has 0 saturated carbocycles. The summed E-state index contributed by atoms with van der Waals surface area (Å²) < 4.78 is 0. The van der Waals surface area contributed by atoms with E-state index in [2.05, 4.69) is 50.0 Å². The first-order valence-corrected chi connectivity index (χ1v) is 7.82. The van der Waals surface area contributed by atoms with E-state index in [0.29, 0.717) is 11.4 Å². The highest BCUT2D eigenvalue weighted by Crippen LogP contribution is 2.26. The van der Waals surface area contributed by atoms with Gasteiger partial charge < -0.3 is 11.7 Å². The summed E-state index contributed by atoms with van der Waals surface area (Å²) in [5, 5.41) is 7.90. The largest absolute Gasteiger partial charge is 0.323 e. The van der Waals surface area contributed by atoms with Gasteiger partial charge >= 0.3 is 0 Å². The smallest absolute Gasteiger partial charge is 0.119 e. The van der Waals surface area contributed by atoms with Crippen molar-refractivity contribution in [2.24, 2.45) is 21.9 Å². The van der Waals surface area contributed by atoms with E-state index in [9.17, 15) is 0 Å². The van der Waals surface area contributed by atoms with Crippen molar-refractivity contribution in [1.82, 2.24) is 0 Å². The summed E-state index contributed by atoms with van der Waals surface area (Å²) in [5.41, 5.74) is 3.30. The summed E-state index contributed by atoms with van der Waals surface area (Å²) >= 11 is 3.43. The second-order valence-corrected chi connectivity index (χ2v) is 7.53. The van der Waals surface area contributed by atoms with Crippen molar-refractivity contribution in [3.8, 4) is 0 Å². The molecule has 0 amide bonds. The van der Waals surface area contributed by atoms with Crippen LogP contribution in [-0.2, 0) is 0 Å². The van der Waals surface area contributed by atoms with Gasteiger partial charge in [-0.3, -0.25) is 0 Å². The number of thiophene rings is 2. The van der Waals surface area contributed by atoms with Crippen LogP contribution in [-0.4, -0.2) is 11.4 Å². The summed E-state index contributed by atoms with van der Waals surface area (Å²) in [6.07, 6.45) is 0. The van der Waals surface area contributed by atoms with Crippen molar-refractivity contribution in [2.45, 2.75) is 27.7 Å². The number of hydrazone groups is 2. The third kappa shape index (κ3) is 2.62. The lowest BCUT2D eigenvalue weighted by atomic mass is 10.0. The van der Waals surface area contributed by atoms with Gasteiger partial charge in [-0.1, -0.05) is 0 Å². The first-order valence-electron chi connectivity index (χ1n) is 6.18. The summed E-state index contributed by atoms with van der Waals surface area (Å²) in [6.45, 7) is 8.24. The fourth-order valence-electron chi connectivity index (χ4n) is 2.25. The lowest BCUT2D eigenvalue weighted by Crippen LogP contribution is -2.21. The van der Waals surface area contributed by atoms with Crippen LogP contribution in [0.1, 0.15) is 30.6 Å². The first-order chi connectivity index (χ1) is 9.47. The lowest BCUT2D eigenvalue weighted by Gasteiger charge is -2.07. The van der Waals surface area contributed by atoms with Crippen LogP contribution < -0.4 is 11.7 Å². The number of rotatable bonds is 3. The fraction of sp³-hybridized carbons (Fsp3) is 0.286. The molecular formula is C14H18N4S2. The van der Waals surface area contributed by atoms with E-state index >= 15 is 0 Å². The van der Waals surface area contributed by atoms with Crippen molar-refractivity contribution in [2.75, 3.05) is 0 Å². The van der Waals surface area contributed by atoms with E-state index in [1.807, 2.05) is 0 Å². The number of nitrogens with two attached hydrogens (primary N) is 2. The Labute approximate surface area is 126 Å². The Morgan fingerprint density at radius 2 is 1.15 bits per heavy atom. The predicted molar refractivity (Wildman–Crippen MR) is 89.0 cm³/mol. The normalized spacial score (nSPS) is 13.0. The quantitative estimate of drug-likeness (QED) is 0.519. The zero-order valence-corrected chi connectivity index (χ0v) is 13.7. The number of nitrogens with zero attached hydrogens (tertiary/aromatic N) is 2. The van der Waals surface area contributed by atoms with Gasteiger partial charge in [0.05, 0.1) is 0 Å². The van der Waals surface area contributed by atoms with Gasteiger partial charge in [0.1, 0.15) is 11.4 Å². The predicted octanol–water partition coefficient (Wildman–Crippen LogP) is 3.07. The summed E-state index contributed by atoms with van der Waals surface area (Å²) in [4.78, 5) is 4.76. The van der Waals surface area contributed by atoms with E-state index in [1.165, 1.54) is 9.75 Å². The van der Waals surface area contributed by atoms with Crippen LogP contribution in [0.15, 0.2) is 22.3 Å². The number of hydrogen-bond acceptors (Lipinski definition) is 6. The van der Waals surface area contributed by atoms with Gasteiger partial charge in [-0.2, -0.15) is 10.2 Å². The molecule has 0 radical (unpaired) electrons. The molecule has 2 aromatic heterocycles. The second kappa shape index (κ2) is 5.76. The van der Waals surface area contributed by atoms with E-state index in [-0.39, 0.29) is 0 Å². The molecule has 2 heterocycles. The van der Waals surface area contributed by atoms with Gasteiger partial charge in [0.15, 0.2) is 0 Å². The topological polar surface area (TPSA) is 76.8 Å². The maximum Gasteiger partial charge on any atom is 0.119 e. The zero-order chi connectivity index (χ0) is 14.9. The molecule has 0 aliphatic carbocycles. The van der Waals surface area contributed by atoms with Gasteiger partial charge in [-0.05, 0) is 39.8 Å². The fourth-order valence-corrected chi connectivity index (χ4v) is 4.10. The minimum Gasteiger partial charge on any atom is -0.323 e. The van der Waals surface area contributed by atoms with Gasteiger partial charge in [0.25, 0.3) is 0 Å². The molecule has 0 spiro atoms. The van der Waals surface area contributed by atoms with E-state index < -0.39 is 0 Å². The number of aryl methyl sites for hydroxylation is 4. The summed E-state index contributed by atoms with van der Waals surface area (Å²) in [6, 6.07) is 4.15. The van der Waals surface area contributed by atoms with Crippen LogP contribution in [0.4, 0.5) is 0 Å². The van der Waals surface area contributed by atoms with Crippen molar-refractivity contribution >= 4 is 34.1 Å². The summed E-state index contributed by atoms with van der Waals surface area (Å²) in [5.74, 6) is 11.2. The highest BCUT2D eigenvalue weighted by atomic mass is 32.1. The molecule has 0 saturated heterocycles. The Kier molecular flexibility index (Phi) is 4.25. The molecule has 0 atom stereocenters. The molecule has 0 fully saturated rings. The molecule has 6 heteroatoms. The minimum atomic E-state index is 0.648. The molecule has 0 bridgehead atoms. The molecule has 20 heavy (non-hydrogen) atoms. The summed E-state index contributed by atoms with van der Waals surface area (Å²) in [7, 11) is 0. The van der Waals surface area contributed by atoms with Crippen LogP contribution in [0.5, 0.6) is 0 Å². The molecule has 106 valence electrons. The maximum absolute atomic E-state index is 5.61. The third-order valence-corrected chi connectivity index (χ3v) is 5.01. The van der Waals surface area contributed by atoms with Crippen molar-refractivity contribution in [1.29, 1.82) is 0 Å². The molecule has 0 aliphatic rings. The van der Waals surface area contributed by atoms with Gasteiger partial charge in [0, 0.05) is 30.6 Å². The van der Waals surface area contributed by atoms with Crippen molar-refractivity contribution in [3.05, 3.63) is 42.8 Å². The van der Waals surface area contributed by atoms with Gasteiger partial charge in [-0.25, -0.2) is 0 Å².